The first-order valence-corrected chi connectivity index (χ1v) is 5.30. The van der Waals surface area contributed by atoms with Gasteiger partial charge in [0.05, 0.1) is 6.54 Å². The smallest absolute Gasteiger partial charge is 0.238 e. The summed E-state index contributed by atoms with van der Waals surface area (Å²) < 4.78 is 0. The Balaban J connectivity index is 2.26. The minimum atomic E-state index is -0.201. The lowest BCUT2D eigenvalue weighted by atomic mass is 10.1. The highest BCUT2D eigenvalue weighted by molar-refractivity contribution is 5.92. The summed E-state index contributed by atoms with van der Waals surface area (Å²) in [4.78, 5) is 15.2. The molecular weight excluding hydrogens is 214 g/mol. The van der Waals surface area contributed by atoms with Crippen molar-refractivity contribution in [2.75, 3.05) is 11.9 Å². The molecule has 0 saturated heterocycles. The van der Waals surface area contributed by atoms with E-state index in [1.807, 2.05) is 36.4 Å². The minimum Gasteiger partial charge on any atom is -0.325 e. The number of benzene rings is 1. The number of anilines is 1. The molecule has 1 aromatic heterocycles. The van der Waals surface area contributed by atoms with Crippen LogP contribution in [0, 0.1) is 0 Å². The maximum Gasteiger partial charge on any atom is 0.238 e. The van der Waals surface area contributed by atoms with E-state index >= 15 is 0 Å². The van der Waals surface area contributed by atoms with Gasteiger partial charge in [-0.2, -0.15) is 0 Å². The highest BCUT2D eigenvalue weighted by atomic mass is 16.1. The number of hydrogen-bond donors (Lipinski definition) is 2. The molecule has 0 spiro atoms. The zero-order chi connectivity index (χ0) is 12.1. The Morgan fingerprint density at radius 1 is 1.24 bits per heavy atom. The van der Waals surface area contributed by atoms with E-state index in [1.54, 1.807) is 12.4 Å². The first-order valence-electron chi connectivity index (χ1n) is 5.30. The van der Waals surface area contributed by atoms with Gasteiger partial charge in [-0.15, -0.1) is 0 Å². The summed E-state index contributed by atoms with van der Waals surface area (Å²) in [7, 11) is 0. The van der Waals surface area contributed by atoms with E-state index in [0.29, 0.717) is 0 Å². The van der Waals surface area contributed by atoms with Crippen LogP contribution in [-0.2, 0) is 4.79 Å². The average Bonchev–Trinajstić information content (AvgIpc) is 2.40. The summed E-state index contributed by atoms with van der Waals surface area (Å²) in [5, 5.41) is 2.72. The topological polar surface area (TPSA) is 68.0 Å². The maximum atomic E-state index is 11.2. The fraction of sp³-hybridized carbons (Fsp3) is 0.0769. The van der Waals surface area contributed by atoms with Gasteiger partial charge in [-0.1, -0.05) is 18.2 Å². The van der Waals surface area contributed by atoms with Crippen LogP contribution < -0.4 is 11.1 Å². The average molecular weight is 227 g/mol. The summed E-state index contributed by atoms with van der Waals surface area (Å²) in [6.45, 7) is -0.0167. The molecule has 0 bridgehead atoms. The Morgan fingerprint density at radius 2 is 2.06 bits per heavy atom. The molecule has 1 amide bonds. The van der Waals surface area contributed by atoms with Gasteiger partial charge in [0, 0.05) is 23.6 Å². The molecule has 0 aliphatic rings. The lowest BCUT2D eigenvalue weighted by molar-refractivity contribution is -0.114. The number of nitrogens with zero attached hydrogens (tertiary/aromatic N) is 1. The predicted molar refractivity (Wildman–Crippen MR) is 67.4 cm³/mol. The van der Waals surface area contributed by atoms with E-state index in [0.717, 1.165) is 16.8 Å². The fourth-order valence-electron chi connectivity index (χ4n) is 1.52. The molecule has 3 N–H and O–H groups in total. The Kier molecular flexibility index (Phi) is 3.47. The van der Waals surface area contributed by atoms with Crippen LogP contribution in [0.5, 0.6) is 0 Å². The molecule has 0 aliphatic carbocycles. The van der Waals surface area contributed by atoms with Crippen LogP contribution >= 0.6 is 0 Å². The highest BCUT2D eigenvalue weighted by Gasteiger charge is 2.01. The summed E-state index contributed by atoms with van der Waals surface area (Å²) in [6.07, 6.45) is 3.51. The van der Waals surface area contributed by atoms with Gasteiger partial charge in [0.2, 0.25) is 5.91 Å². The van der Waals surface area contributed by atoms with Crippen LogP contribution in [0.25, 0.3) is 11.1 Å². The van der Waals surface area contributed by atoms with E-state index in [9.17, 15) is 4.79 Å². The number of carbonyl (C=O) groups is 1. The summed E-state index contributed by atoms with van der Waals surface area (Å²) in [5.74, 6) is -0.201. The third-order valence-corrected chi connectivity index (χ3v) is 2.33. The van der Waals surface area contributed by atoms with Crippen molar-refractivity contribution in [1.29, 1.82) is 0 Å². The molecule has 0 saturated carbocycles. The predicted octanol–water partition coefficient (Wildman–Crippen LogP) is 1.65. The number of carbonyl (C=O) groups excluding carboxylic acids is 1. The van der Waals surface area contributed by atoms with Crippen molar-refractivity contribution < 1.29 is 4.79 Å². The van der Waals surface area contributed by atoms with Crippen LogP contribution in [0.4, 0.5) is 5.69 Å². The summed E-state index contributed by atoms with van der Waals surface area (Å²) in [6, 6.07) is 11.4. The van der Waals surface area contributed by atoms with Gasteiger partial charge in [0.1, 0.15) is 0 Å². The lowest BCUT2D eigenvalue weighted by Gasteiger charge is -2.06. The molecule has 86 valence electrons. The second-order valence-electron chi connectivity index (χ2n) is 3.57. The van der Waals surface area contributed by atoms with Crippen LogP contribution in [0.1, 0.15) is 0 Å². The molecule has 1 heterocycles. The number of aromatic nitrogens is 1. The highest BCUT2D eigenvalue weighted by Crippen LogP contribution is 2.21. The third-order valence-electron chi connectivity index (χ3n) is 2.33. The standard InChI is InChI=1S/C13H13N3O/c14-8-13(17)16-12-5-1-3-10(7-12)11-4-2-6-15-9-11/h1-7,9H,8,14H2,(H,16,17). The van der Waals surface area contributed by atoms with Crippen molar-refractivity contribution in [3.8, 4) is 11.1 Å². The van der Waals surface area contributed by atoms with Crippen LogP contribution in [-0.4, -0.2) is 17.4 Å². The molecule has 2 rings (SSSR count). The molecule has 17 heavy (non-hydrogen) atoms. The molecule has 1 aromatic carbocycles. The Bertz CT molecular complexity index is 511. The van der Waals surface area contributed by atoms with Gasteiger partial charge < -0.3 is 11.1 Å². The van der Waals surface area contributed by atoms with Crippen molar-refractivity contribution in [2.45, 2.75) is 0 Å². The van der Waals surface area contributed by atoms with Crippen molar-refractivity contribution in [3.05, 3.63) is 48.8 Å². The van der Waals surface area contributed by atoms with E-state index < -0.39 is 0 Å². The number of amides is 1. The van der Waals surface area contributed by atoms with Crippen molar-refractivity contribution >= 4 is 11.6 Å². The monoisotopic (exact) mass is 227 g/mol. The van der Waals surface area contributed by atoms with E-state index in [-0.39, 0.29) is 12.5 Å². The normalized spacial score (nSPS) is 9.94. The zero-order valence-corrected chi connectivity index (χ0v) is 9.26. The molecule has 0 aliphatic heterocycles. The maximum absolute atomic E-state index is 11.2. The van der Waals surface area contributed by atoms with Gasteiger partial charge in [-0.05, 0) is 23.8 Å². The molecule has 0 unspecified atom stereocenters. The van der Waals surface area contributed by atoms with Gasteiger partial charge in [-0.25, -0.2) is 0 Å². The number of nitrogens with two attached hydrogens (primary N) is 1. The van der Waals surface area contributed by atoms with Gasteiger partial charge in [0.15, 0.2) is 0 Å². The van der Waals surface area contributed by atoms with Crippen molar-refractivity contribution in [1.82, 2.24) is 4.98 Å². The molecular formula is C13H13N3O. The molecule has 2 aromatic rings. The van der Waals surface area contributed by atoms with E-state index in [1.165, 1.54) is 0 Å². The fourth-order valence-corrected chi connectivity index (χ4v) is 1.52. The zero-order valence-electron chi connectivity index (χ0n) is 9.26. The Morgan fingerprint density at radius 3 is 2.76 bits per heavy atom. The number of hydrogen-bond acceptors (Lipinski definition) is 3. The largest absolute Gasteiger partial charge is 0.325 e. The van der Waals surface area contributed by atoms with Crippen molar-refractivity contribution in [2.24, 2.45) is 5.73 Å². The SMILES string of the molecule is NCC(=O)Nc1cccc(-c2cccnc2)c1. The van der Waals surface area contributed by atoms with Gasteiger partial charge in [-0.3, -0.25) is 9.78 Å². The van der Waals surface area contributed by atoms with Crippen molar-refractivity contribution in [3.63, 3.8) is 0 Å². The van der Waals surface area contributed by atoms with Gasteiger partial charge in [0.25, 0.3) is 0 Å². The molecule has 0 fully saturated rings. The third kappa shape index (κ3) is 2.89. The van der Waals surface area contributed by atoms with Crippen LogP contribution in [0.2, 0.25) is 0 Å². The molecule has 4 heteroatoms. The lowest BCUT2D eigenvalue weighted by Crippen LogP contribution is -2.21. The summed E-state index contributed by atoms with van der Waals surface area (Å²) in [5.41, 5.74) is 8.00. The molecule has 0 radical (unpaired) electrons. The first-order chi connectivity index (χ1) is 8.29. The summed E-state index contributed by atoms with van der Waals surface area (Å²) >= 11 is 0. The van der Waals surface area contributed by atoms with E-state index in [2.05, 4.69) is 10.3 Å². The molecule has 4 nitrogen and oxygen atoms in total. The molecule has 0 atom stereocenters. The number of rotatable bonds is 3. The second-order valence-corrected chi connectivity index (χ2v) is 3.57. The van der Waals surface area contributed by atoms with Gasteiger partial charge >= 0.3 is 0 Å². The van der Waals surface area contributed by atoms with Crippen LogP contribution in [0.15, 0.2) is 48.8 Å². The van der Waals surface area contributed by atoms with E-state index in [4.69, 9.17) is 5.73 Å². The quantitative estimate of drug-likeness (QED) is 0.837. The minimum absolute atomic E-state index is 0.0167. The Labute approximate surface area is 99.5 Å². The Hall–Kier alpha value is -2.20. The number of nitrogens with one attached hydrogen (secondary N) is 1. The first kappa shape index (κ1) is 11.3. The van der Waals surface area contributed by atoms with Crippen LogP contribution in [0.3, 0.4) is 0 Å². The second kappa shape index (κ2) is 5.23. The number of pyridine rings is 1.